The average molecular weight is 869 g/mol. The predicted octanol–water partition coefficient (Wildman–Crippen LogP) is 16.7. The van der Waals surface area contributed by atoms with Gasteiger partial charge in [0.05, 0.1) is 16.4 Å². The maximum Gasteiger partial charge on any atom is 0.119 e. The minimum Gasteiger partial charge on any atom is -0.489 e. The van der Waals surface area contributed by atoms with Gasteiger partial charge in [0.15, 0.2) is 0 Å². The van der Waals surface area contributed by atoms with Crippen LogP contribution in [0.1, 0.15) is 73.4 Å². The molecular weight excluding hydrogens is 813 g/mol. The van der Waals surface area contributed by atoms with Gasteiger partial charge in [-0.2, -0.15) is 0 Å². The summed E-state index contributed by atoms with van der Waals surface area (Å²) in [5, 5.41) is 2.51. The molecule has 2 unspecified atom stereocenters. The van der Waals surface area contributed by atoms with E-state index in [1.54, 1.807) is 0 Å². The van der Waals surface area contributed by atoms with Crippen LogP contribution in [0.15, 0.2) is 218 Å². The molecule has 0 fully saturated rings. The van der Waals surface area contributed by atoms with E-state index < -0.39 is 5.41 Å². The summed E-state index contributed by atoms with van der Waals surface area (Å²) in [4.78, 5) is 2.34. The van der Waals surface area contributed by atoms with Crippen LogP contribution >= 0.6 is 0 Å². The van der Waals surface area contributed by atoms with Crippen molar-refractivity contribution >= 4 is 33.2 Å². The second kappa shape index (κ2) is 17.0. The topological polar surface area (TPSA) is 17.4 Å². The maximum absolute atomic E-state index is 6.53. The molecule has 1 aliphatic rings. The Morgan fingerprint density at radius 3 is 1.76 bits per heavy atom. The number of para-hydroxylation sites is 3. The minimum atomic E-state index is -0.596. The number of hydrogen-bond acceptors (Lipinski definition) is 2. The Morgan fingerprint density at radius 2 is 1.10 bits per heavy atom. The molecule has 0 N–H and O–H groups in total. The number of hydrogen-bond donors (Lipinski definition) is 0. The Hall–Kier alpha value is -7.62. The lowest BCUT2D eigenvalue weighted by Crippen LogP contribution is -2.28. The lowest BCUT2D eigenvalue weighted by atomic mass is 9.67. The number of aromatic nitrogens is 1. The summed E-state index contributed by atoms with van der Waals surface area (Å²) in [6.45, 7) is 9.80. The van der Waals surface area contributed by atoms with E-state index in [-0.39, 0.29) is 5.41 Å². The molecule has 0 saturated heterocycles. The van der Waals surface area contributed by atoms with E-state index in [0.717, 1.165) is 29.2 Å². The van der Waals surface area contributed by atoms with Gasteiger partial charge in [-0.15, -0.1) is 0 Å². The zero-order valence-corrected chi connectivity index (χ0v) is 39.1. The van der Waals surface area contributed by atoms with Gasteiger partial charge in [0, 0.05) is 40.4 Å². The van der Waals surface area contributed by atoms with Gasteiger partial charge in [-0.1, -0.05) is 191 Å². The lowest BCUT2D eigenvalue weighted by molar-refractivity contribution is 0.304. The molecule has 10 aromatic rings. The fourth-order valence-electron chi connectivity index (χ4n) is 11.3. The number of ether oxygens (including phenoxy) is 1. The van der Waals surface area contributed by atoms with Gasteiger partial charge >= 0.3 is 0 Å². The summed E-state index contributed by atoms with van der Waals surface area (Å²) in [6, 6.07) is 80.3. The second-order valence-corrected chi connectivity index (χ2v) is 19.3. The highest BCUT2D eigenvalue weighted by atomic mass is 16.5. The molecule has 1 heterocycles. The summed E-state index contributed by atoms with van der Waals surface area (Å²) < 4.78 is 8.96. The smallest absolute Gasteiger partial charge is 0.119 e. The first kappa shape index (κ1) is 42.0. The van der Waals surface area contributed by atoms with Crippen LogP contribution in [-0.2, 0) is 12.0 Å². The van der Waals surface area contributed by atoms with E-state index in [4.69, 9.17) is 4.74 Å². The molecule has 328 valence electrons. The SMILES string of the molecule is CCC(c1ccc(COc2ccc(C3(c4ccccc4)c4ccc(N(C)c5ccccc5-c5ccccc5)cc4-c4cc(-n5c6ccccc6c6ccccc65)ccc43)cc2)cc1)C(C)(C)C. The van der Waals surface area contributed by atoms with E-state index in [9.17, 15) is 0 Å². The summed E-state index contributed by atoms with van der Waals surface area (Å²) in [5.74, 6) is 1.37. The normalized spacial score (nSPS) is 14.8. The third-order valence-corrected chi connectivity index (χ3v) is 14.4. The molecule has 1 aliphatic carbocycles. The Bertz CT molecular complexity index is 3330. The average Bonchev–Trinajstić information content (AvgIpc) is 3.86. The summed E-state index contributed by atoms with van der Waals surface area (Å²) in [7, 11) is 2.19. The van der Waals surface area contributed by atoms with Crippen molar-refractivity contribution in [2.45, 2.75) is 52.1 Å². The number of fused-ring (bicyclic) bond motifs is 6. The zero-order valence-electron chi connectivity index (χ0n) is 39.1. The molecule has 67 heavy (non-hydrogen) atoms. The Balaban J connectivity index is 1.05. The molecule has 0 aliphatic heterocycles. The Morgan fingerprint density at radius 1 is 0.537 bits per heavy atom. The number of rotatable bonds is 11. The van der Waals surface area contributed by atoms with Gasteiger partial charge < -0.3 is 14.2 Å². The van der Waals surface area contributed by atoms with E-state index >= 15 is 0 Å². The first-order valence-electron chi connectivity index (χ1n) is 23.8. The van der Waals surface area contributed by atoms with Crippen LogP contribution in [0.5, 0.6) is 5.75 Å². The van der Waals surface area contributed by atoms with E-state index in [1.165, 1.54) is 77.4 Å². The van der Waals surface area contributed by atoms with Crippen molar-refractivity contribution in [3.8, 4) is 33.7 Å². The minimum absolute atomic E-state index is 0.216. The van der Waals surface area contributed by atoms with Gasteiger partial charge in [-0.05, 0) is 122 Å². The van der Waals surface area contributed by atoms with Crippen LogP contribution in [0.25, 0.3) is 49.7 Å². The van der Waals surface area contributed by atoms with Crippen molar-refractivity contribution in [2.24, 2.45) is 5.41 Å². The molecule has 0 radical (unpaired) electrons. The van der Waals surface area contributed by atoms with Crippen LogP contribution in [0, 0.1) is 5.41 Å². The highest BCUT2D eigenvalue weighted by molar-refractivity contribution is 6.09. The third kappa shape index (κ3) is 7.21. The molecule has 9 aromatic carbocycles. The number of benzene rings is 9. The monoisotopic (exact) mass is 868 g/mol. The summed E-state index contributed by atoms with van der Waals surface area (Å²) in [6.07, 6.45) is 1.12. The number of nitrogens with zero attached hydrogens (tertiary/aromatic N) is 2. The van der Waals surface area contributed by atoms with Gasteiger partial charge in [0.2, 0.25) is 0 Å². The van der Waals surface area contributed by atoms with Crippen LogP contribution in [0.3, 0.4) is 0 Å². The van der Waals surface area contributed by atoms with Crippen LogP contribution in [0.2, 0.25) is 0 Å². The molecule has 0 bridgehead atoms. The molecule has 2 atom stereocenters. The first-order chi connectivity index (χ1) is 32.7. The maximum atomic E-state index is 6.53. The molecule has 0 amide bonds. The van der Waals surface area contributed by atoms with Crippen LogP contribution in [-0.4, -0.2) is 11.6 Å². The Labute approximate surface area is 395 Å². The highest BCUT2D eigenvalue weighted by Crippen LogP contribution is 2.58. The molecule has 0 spiro atoms. The lowest BCUT2D eigenvalue weighted by Gasteiger charge is -2.34. The molecule has 0 saturated carbocycles. The third-order valence-electron chi connectivity index (χ3n) is 14.4. The molecule has 1 aromatic heterocycles. The Kier molecular flexibility index (Phi) is 10.7. The zero-order chi connectivity index (χ0) is 45.7. The molecule has 11 rings (SSSR count). The molecular formula is C64H56N2O. The van der Waals surface area contributed by atoms with Crippen molar-refractivity contribution in [3.63, 3.8) is 0 Å². The first-order valence-corrected chi connectivity index (χ1v) is 23.8. The predicted molar refractivity (Wildman–Crippen MR) is 281 cm³/mol. The van der Waals surface area contributed by atoms with Crippen LogP contribution < -0.4 is 9.64 Å². The van der Waals surface area contributed by atoms with Gasteiger partial charge in [-0.3, -0.25) is 0 Å². The largest absolute Gasteiger partial charge is 0.489 e. The van der Waals surface area contributed by atoms with E-state index in [1.807, 2.05) is 0 Å². The van der Waals surface area contributed by atoms with E-state index in [0.29, 0.717) is 12.5 Å². The molecule has 3 nitrogen and oxygen atoms in total. The van der Waals surface area contributed by atoms with Gasteiger partial charge in [0.1, 0.15) is 12.4 Å². The van der Waals surface area contributed by atoms with Gasteiger partial charge in [0.25, 0.3) is 0 Å². The van der Waals surface area contributed by atoms with Crippen molar-refractivity contribution in [1.82, 2.24) is 4.57 Å². The standard InChI is InChI=1S/C64H56N2O/c1-6-57(63(2,3)4)46-31-29-44(30-32-46)43-67-51-37-33-48(34-38-51)64(47-21-11-8-12-22-47)58-39-35-49(65(5)60-26-16-13-23-52(60)45-19-9-7-10-20-45)41-55(58)56-42-50(36-40-59(56)64)66-61-27-17-14-24-53(61)54-25-15-18-28-62(54)66/h7-42,57H,6,43H2,1-5H3. The van der Waals surface area contributed by atoms with Crippen molar-refractivity contribution in [2.75, 3.05) is 11.9 Å². The summed E-state index contributed by atoms with van der Waals surface area (Å²) >= 11 is 0. The fraction of sp³-hybridized carbons (Fsp3) is 0.156. The second-order valence-electron chi connectivity index (χ2n) is 19.3. The van der Waals surface area contributed by atoms with Crippen LogP contribution in [0.4, 0.5) is 11.4 Å². The summed E-state index contributed by atoms with van der Waals surface area (Å²) in [5.41, 5.74) is 17.8. The fourth-order valence-corrected chi connectivity index (χ4v) is 11.3. The number of anilines is 2. The molecule has 3 heteroatoms. The van der Waals surface area contributed by atoms with E-state index in [2.05, 4.69) is 263 Å². The van der Waals surface area contributed by atoms with Crippen molar-refractivity contribution < 1.29 is 4.74 Å². The highest BCUT2D eigenvalue weighted by Gasteiger charge is 2.46. The van der Waals surface area contributed by atoms with Gasteiger partial charge in [-0.25, -0.2) is 0 Å². The van der Waals surface area contributed by atoms with Crippen molar-refractivity contribution in [3.05, 3.63) is 252 Å². The quantitative estimate of drug-likeness (QED) is 0.129. The van der Waals surface area contributed by atoms with Crippen molar-refractivity contribution in [1.29, 1.82) is 0 Å².